The van der Waals surface area contributed by atoms with Crippen LogP contribution < -0.4 is 14.8 Å². The van der Waals surface area contributed by atoms with Gasteiger partial charge in [-0.1, -0.05) is 6.07 Å². The van der Waals surface area contributed by atoms with Gasteiger partial charge in [0.15, 0.2) is 11.5 Å². The first-order valence-electron chi connectivity index (χ1n) is 6.98. The molecule has 2 N–H and O–H groups in total. The standard InChI is InChI=1S/C15H19N3O2/c1-6-19-14-3-2-12(8-15(14)20-7-1)9-16-5-4-13-10-17-11-18-13/h2-3,8,10-11,16H,1,4-7,9H2,(H,17,18). The molecule has 0 unspecified atom stereocenters. The SMILES string of the molecule is c1ncc(CCNCc2ccc3c(c2)OCCCO3)[nH]1. The highest BCUT2D eigenvalue weighted by molar-refractivity contribution is 5.43. The van der Waals surface area contributed by atoms with E-state index >= 15 is 0 Å². The Kier molecular flexibility index (Phi) is 4.18. The predicted molar refractivity (Wildman–Crippen MR) is 76.0 cm³/mol. The lowest BCUT2D eigenvalue weighted by molar-refractivity contribution is 0.297. The summed E-state index contributed by atoms with van der Waals surface area (Å²) in [6, 6.07) is 6.13. The Bertz CT molecular complexity index is 540. The lowest BCUT2D eigenvalue weighted by atomic mass is 10.2. The lowest BCUT2D eigenvalue weighted by Gasteiger charge is -2.10. The van der Waals surface area contributed by atoms with E-state index in [4.69, 9.17) is 9.47 Å². The van der Waals surface area contributed by atoms with Gasteiger partial charge in [-0.05, 0) is 17.7 Å². The van der Waals surface area contributed by atoms with E-state index < -0.39 is 0 Å². The van der Waals surface area contributed by atoms with Crippen LogP contribution in [0.15, 0.2) is 30.7 Å². The number of rotatable bonds is 5. The molecule has 0 saturated carbocycles. The van der Waals surface area contributed by atoms with E-state index in [0.717, 1.165) is 56.3 Å². The van der Waals surface area contributed by atoms with E-state index in [1.807, 2.05) is 12.3 Å². The van der Waals surface area contributed by atoms with Crippen LogP contribution in [0.5, 0.6) is 11.5 Å². The van der Waals surface area contributed by atoms with Gasteiger partial charge in [0.25, 0.3) is 0 Å². The highest BCUT2D eigenvalue weighted by Gasteiger charge is 2.10. The van der Waals surface area contributed by atoms with Gasteiger partial charge in [-0.2, -0.15) is 0 Å². The van der Waals surface area contributed by atoms with Crippen LogP contribution in [0.1, 0.15) is 17.7 Å². The minimum atomic E-state index is 0.726. The Morgan fingerprint density at radius 3 is 2.95 bits per heavy atom. The summed E-state index contributed by atoms with van der Waals surface area (Å²) in [6.45, 7) is 3.19. The van der Waals surface area contributed by atoms with Crippen LogP contribution in [0.3, 0.4) is 0 Å². The number of benzene rings is 1. The Morgan fingerprint density at radius 2 is 2.10 bits per heavy atom. The zero-order valence-electron chi connectivity index (χ0n) is 11.4. The molecule has 0 amide bonds. The van der Waals surface area contributed by atoms with Crippen LogP contribution in [-0.4, -0.2) is 29.7 Å². The molecule has 2 aromatic rings. The highest BCUT2D eigenvalue weighted by atomic mass is 16.5. The van der Waals surface area contributed by atoms with E-state index in [2.05, 4.69) is 27.4 Å². The van der Waals surface area contributed by atoms with Crippen molar-refractivity contribution in [2.75, 3.05) is 19.8 Å². The van der Waals surface area contributed by atoms with Crippen LogP contribution in [-0.2, 0) is 13.0 Å². The molecule has 20 heavy (non-hydrogen) atoms. The van der Waals surface area contributed by atoms with Gasteiger partial charge in [-0.25, -0.2) is 4.98 Å². The normalized spacial score (nSPS) is 14.0. The van der Waals surface area contributed by atoms with Crippen molar-refractivity contribution >= 4 is 0 Å². The zero-order chi connectivity index (χ0) is 13.6. The van der Waals surface area contributed by atoms with Gasteiger partial charge < -0.3 is 19.8 Å². The second kappa shape index (κ2) is 6.43. The Balaban J connectivity index is 1.51. The molecular weight excluding hydrogens is 254 g/mol. The summed E-state index contributed by atoms with van der Waals surface area (Å²) in [6.07, 6.45) is 5.45. The first kappa shape index (κ1) is 13.0. The van der Waals surface area contributed by atoms with Gasteiger partial charge in [0, 0.05) is 37.8 Å². The number of aromatic nitrogens is 2. The molecule has 1 aliphatic heterocycles. The number of aromatic amines is 1. The maximum atomic E-state index is 5.69. The second-order valence-corrected chi connectivity index (χ2v) is 4.84. The van der Waals surface area contributed by atoms with Crippen LogP contribution in [0.4, 0.5) is 0 Å². The molecule has 1 aromatic carbocycles. The first-order valence-corrected chi connectivity index (χ1v) is 6.98. The molecule has 0 bridgehead atoms. The summed E-state index contributed by atoms with van der Waals surface area (Å²) in [5.41, 5.74) is 2.36. The minimum absolute atomic E-state index is 0.726. The number of nitrogens with one attached hydrogen (secondary N) is 2. The average molecular weight is 273 g/mol. The van der Waals surface area contributed by atoms with Crippen LogP contribution >= 0.6 is 0 Å². The van der Waals surface area contributed by atoms with E-state index in [1.54, 1.807) is 6.33 Å². The fourth-order valence-corrected chi connectivity index (χ4v) is 2.19. The maximum Gasteiger partial charge on any atom is 0.161 e. The molecule has 0 atom stereocenters. The topological polar surface area (TPSA) is 59.2 Å². The van der Waals surface area contributed by atoms with Crippen molar-refractivity contribution in [1.82, 2.24) is 15.3 Å². The number of fused-ring (bicyclic) bond motifs is 1. The van der Waals surface area contributed by atoms with Gasteiger partial charge in [-0.15, -0.1) is 0 Å². The summed E-state index contributed by atoms with van der Waals surface area (Å²) in [7, 11) is 0. The Hall–Kier alpha value is -2.01. The Morgan fingerprint density at radius 1 is 1.20 bits per heavy atom. The zero-order valence-corrected chi connectivity index (χ0v) is 11.4. The largest absolute Gasteiger partial charge is 0.490 e. The van der Waals surface area contributed by atoms with Crippen molar-refractivity contribution in [1.29, 1.82) is 0 Å². The van der Waals surface area contributed by atoms with Crippen LogP contribution in [0.2, 0.25) is 0 Å². The average Bonchev–Trinajstić information content (AvgIpc) is 2.87. The smallest absolute Gasteiger partial charge is 0.161 e. The van der Waals surface area contributed by atoms with Crippen molar-refractivity contribution < 1.29 is 9.47 Å². The summed E-state index contributed by atoms with van der Waals surface area (Å²) in [5, 5.41) is 3.42. The van der Waals surface area contributed by atoms with E-state index in [-0.39, 0.29) is 0 Å². The van der Waals surface area contributed by atoms with Gasteiger partial charge in [0.05, 0.1) is 19.5 Å². The van der Waals surface area contributed by atoms with Gasteiger partial charge >= 0.3 is 0 Å². The molecule has 0 radical (unpaired) electrons. The third-order valence-electron chi connectivity index (χ3n) is 3.27. The third-order valence-corrected chi connectivity index (χ3v) is 3.27. The van der Waals surface area contributed by atoms with Crippen LogP contribution in [0.25, 0.3) is 0 Å². The third kappa shape index (κ3) is 3.30. The molecule has 5 heteroatoms. The van der Waals surface area contributed by atoms with Crippen molar-refractivity contribution in [2.45, 2.75) is 19.4 Å². The summed E-state index contributed by atoms with van der Waals surface area (Å²) < 4.78 is 11.3. The molecule has 1 aromatic heterocycles. The number of ether oxygens (including phenoxy) is 2. The molecule has 0 fully saturated rings. The minimum Gasteiger partial charge on any atom is -0.490 e. The fraction of sp³-hybridized carbons (Fsp3) is 0.400. The molecule has 0 saturated heterocycles. The molecule has 2 heterocycles. The fourth-order valence-electron chi connectivity index (χ4n) is 2.19. The number of hydrogen-bond donors (Lipinski definition) is 2. The predicted octanol–water partition coefficient (Wildman–Crippen LogP) is 1.90. The molecule has 1 aliphatic rings. The van der Waals surface area contributed by atoms with E-state index in [9.17, 15) is 0 Å². The molecule has 0 spiro atoms. The monoisotopic (exact) mass is 273 g/mol. The number of hydrogen-bond acceptors (Lipinski definition) is 4. The van der Waals surface area contributed by atoms with Crippen molar-refractivity contribution in [2.24, 2.45) is 0 Å². The first-order chi connectivity index (χ1) is 9.92. The van der Waals surface area contributed by atoms with Gasteiger partial charge in [0.2, 0.25) is 0 Å². The number of H-pyrrole nitrogens is 1. The lowest BCUT2D eigenvalue weighted by Crippen LogP contribution is -2.16. The number of nitrogens with zero attached hydrogens (tertiary/aromatic N) is 1. The summed E-state index contributed by atoms with van der Waals surface area (Å²) in [5.74, 6) is 1.71. The molecule has 0 aliphatic carbocycles. The molecule has 106 valence electrons. The van der Waals surface area contributed by atoms with Gasteiger partial charge in [0.1, 0.15) is 0 Å². The summed E-state index contributed by atoms with van der Waals surface area (Å²) >= 11 is 0. The number of imidazole rings is 1. The highest BCUT2D eigenvalue weighted by Crippen LogP contribution is 2.30. The van der Waals surface area contributed by atoms with Crippen molar-refractivity contribution in [3.63, 3.8) is 0 Å². The van der Waals surface area contributed by atoms with Gasteiger partial charge in [-0.3, -0.25) is 0 Å². The molecule has 5 nitrogen and oxygen atoms in total. The second-order valence-electron chi connectivity index (χ2n) is 4.84. The van der Waals surface area contributed by atoms with E-state index in [0.29, 0.717) is 0 Å². The molecular formula is C15H19N3O2. The quantitative estimate of drug-likeness (QED) is 0.817. The van der Waals surface area contributed by atoms with Crippen molar-refractivity contribution in [3.8, 4) is 11.5 Å². The van der Waals surface area contributed by atoms with Crippen molar-refractivity contribution in [3.05, 3.63) is 42.0 Å². The Labute approximate surface area is 118 Å². The molecule has 3 rings (SSSR count). The van der Waals surface area contributed by atoms with Crippen LogP contribution in [0, 0.1) is 0 Å². The summed E-state index contributed by atoms with van der Waals surface area (Å²) in [4.78, 5) is 7.10. The maximum absolute atomic E-state index is 5.69. The van der Waals surface area contributed by atoms with E-state index in [1.165, 1.54) is 5.56 Å².